The molecule has 160 valence electrons. The first kappa shape index (κ1) is 20.8. The van der Waals surface area contributed by atoms with Gasteiger partial charge < -0.3 is 19.7 Å². The van der Waals surface area contributed by atoms with Gasteiger partial charge >= 0.3 is 5.69 Å². The Morgan fingerprint density at radius 1 is 1.17 bits per heavy atom. The van der Waals surface area contributed by atoms with E-state index < -0.39 is 6.10 Å². The van der Waals surface area contributed by atoms with Crippen LogP contribution in [0.5, 0.6) is 0 Å². The number of nitrogens with zero attached hydrogens (tertiary/aromatic N) is 2. The molecule has 1 aliphatic heterocycles. The molecule has 1 aliphatic rings. The first-order valence-electron chi connectivity index (χ1n) is 10.8. The second-order valence-electron chi connectivity index (χ2n) is 8.32. The second kappa shape index (κ2) is 9.60. The molecule has 0 saturated carbocycles. The SMILES string of the molecule is Cc1cccc(CCOCC(O)CN2CCC(n3c(=O)[nH]c4ccccc43)CC2)c1. The predicted octanol–water partition coefficient (Wildman–Crippen LogP) is 2.90. The molecule has 1 unspecified atom stereocenters. The standard InChI is InChI=1S/C24H31N3O3/c1-18-5-4-6-19(15-18)11-14-30-17-21(28)16-26-12-9-20(10-13-26)27-23-8-3-2-7-22(23)25-24(27)29/h2-8,15,20-21,28H,9-14,16-17H2,1H3,(H,25,29). The number of piperidine rings is 1. The summed E-state index contributed by atoms with van der Waals surface area (Å²) in [7, 11) is 0. The smallest absolute Gasteiger partial charge is 0.326 e. The van der Waals surface area contributed by atoms with E-state index in [1.165, 1.54) is 11.1 Å². The number of likely N-dealkylation sites (tertiary alicyclic amines) is 1. The number of aliphatic hydroxyl groups is 1. The Kier molecular flexibility index (Phi) is 6.67. The Morgan fingerprint density at radius 2 is 1.97 bits per heavy atom. The van der Waals surface area contributed by atoms with Gasteiger partial charge in [0.05, 0.1) is 30.4 Å². The molecule has 3 aromatic rings. The number of para-hydroxylation sites is 2. The molecule has 0 radical (unpaired) electrons. The molecule has 1 atom stereocenters. The highest BCUT2D eigenvalue weighted by atomic mass is 16.5. The van der Waals surface area contributed by atoms with E-state index in [2.05, 4.69) is 41.1 Å². The number of β-amino-alcohol motifs (C(OH)–C–C–N with tert-alkyl or cyclic N) is 1. The zero-order valence-electron chi connectivity index (χ0n) is 17.6. The van der Waals surface area contributed by atoms with Crippen LogP contribution in [0, 0.1) is 6.92 Å². The molecule has 6 nitrogen and oxygen atoms in total. The zero-order valence-corrected chi connectivity index (χ0v) is 17.6. The van der Waals surface area contributed by atoms with Crippen LogP contribution in [0.4, 0.5) is 0 Å². The minimum Gasteiger partial charge on any atom is -0.389 e. The van der Waals surface area contributed by atoms with E-state index in [0.717, 1.165) is 43.4 Å². The summed E-state index contributed by atoms with van der Waals surface area (Å²) in [6.45, 7) is 5.42. The maximum Gasteiger partial charge on any atom is 0.326 e. The number of aryl methyl sites for hydroxylation is 1. The molecule has 2 heterocycles. The maximum absolute atomic E-state index is 12.4. The Bertz CT molecular complexity index is 1020. The van der Waals surface area contributed by atoms with Gasteiger partial charge in [0.15, 0.2) is 0 Å². The highest BCUT2D eigenvalue weighted by Crippen LogP contribution is 2.24. The van der Waals surface area contributed by atoms with E-state index in [0.29, 0.717) is 19.8 Å². The predicted molar refractivity (Wildman–Crippen MR) is 119 cm³/mol. The lowest BCUT2D eigenvalue weighted by Gasteiger charge is -2.33. The molecule has 4 rings (SSSR count). The molecule has 0 aliphatic carbocycles. The van der Waals surface area contributed by atoms with Crippen LogP contribution in [0.1, 0.15) is 30.0 Å². The minimum absolute atomic E-state index is 0.0308. The van der Waals surface area contributed by atoms with Crippen LogP contribution in [0.3, 0.4) is 0 Å². The van der Waals surface area contributed by atoms with Crippen molar-refractivity contribution in [2.24, 2.45) is 0 Å². The van der Waals surface area contributed by atoms with Crippen LogP contribution in [-0.4, -0.2) is 58.5 Å². The summed E-state index contributed by atoms with van der Waals surface area (Å²) in [5, 5.41) is 10.4. The highest BCUT2D eigenvalue weighted by molar-refractivity contribution is 5.75. The fourth-order valence-corrected chi connectivity index (χ4v) is 4.42. The van der Waals surface area contributed by atoms with Gasteiger partial charge in [-0.1, -0.05) is 42.0 Å². The summed E-state index contributed by atoms with van der Waals surface area (Å²) >= 11 is 0. The topological polar surface area (TPSA) is 70.5 Å². The molecule has 30 heavy (non-hydrogen) atoms. The van der Waals surface area contributed by atoms with E-state index in [9.17, 15) is 9.90 Å². The van der Waals surface area contributed by atoms with Crippen molar-refractivity contribution in [1.29, 1.82) is 0 Å². The van der Waals surface area contributed by atoms with E-state index >= 15 is 0 Å². The molecule has 2 aromatic carbocycles. The highest BCUT2D eigenvalue weighted by Gasteiger charge is 2.24. The van der Waals surface area contributed by atoms with Gasteiger partial charge in [0.25, 0.3) is 0 Å². The van der Waals surface area contributed by atoms with E-state index in [1.807, 2.05) is 28.8 Å². The number of ether oxygens (including phenoxy) is 1. The number of hydrogen-bond donors (Lipinski definition) is 2. The molecular weight excluding hydrogens is 378 g/mol. The number of aliphatic hydroxyl groups excluding tert-OH is 1. The monoisotopic (exact) mass is 409 g/mol. The number of hydrogen-bond acceptors (Lipinski definition) is 4. The fraction of sp³-hybridized carbons (Fsp3) is 0.458. The Balaban J connectivity index is 1.21. The second-order valence-corrected chi connectivity index (χ2v) is 8.32. The zero-order chi connectivity index (χ0) is 20.9. The third-order valence-electron chi connectivity index (χ3n) is 5.94. The molecule has 1 saturated heterocycles. The van der Waals surface area contributed by atoms with Gasteiger partial charge in [-0.05, 0) is 43.9 Å². The van der Waals surface area contributed by atoms with E-state index in [-0.39, 0.29) is 11.7 Å². The van der Waals surface area contributed by atoms with Crippen molar-refractivity contribution in [3.8, 4) is 0 Å². The lowest BCUT2D eigenvalue weighted by atomic mass is 10.0. The number of H-pyrrole nitrogens is 1. The summed E-state index contributed by atoms with van der Waals surface area (Å²) in [6, 6.07) is 16.5. The molecular formula is C24H31N3O3. The van der Waals surface area contributed by atoms with Crippen molar-refractivity contribution in [1.82, 2.24) is 14.5 Å². The number of fused-ring (bicyclic) bond motifs is 1. The molecule has 1 fully saturated rings. The fourth-order valence-electron chi connectivity index (χ4n) is 4.42. The summed E-state index contributed by atoms with van der Waals surface area (Å²) in [5.74, 6) is 0. The third kappa shape index (κ3) is 5.01. The molecule has 6 heteroatoms. The van der Waals surface area contributed by atoms with Gasteiger partial charge in [-0.2, -0.15) is 0 Å². The van der Waals surface area contributed by atoms with Gasteiger partial charge in [-0.15, -0.1) is 0 Å². The number of imidazole rings is 1. The van der Waals surface area contributed by atoms with E-state index in [1.54, 1.807) is 0 Å². The average molecular weight is 410 g/mol. The molecule has 1 aromatic heterocycles. The molecule has 0 bridgehead atoms. The van der Waals surface area contributed by atoms with Crippen LogP contribution >= 0.6 is 0 Å². The lowest BCUT2D eigenvalue weighted by Crippen LogP contribution is -2.41. The van der Waals surface area contributed by atoms with E-state index in [4.69, 9.17) is 4.74 Å². The van der Waals surface area contributed by atoms with Crippen molar-refractivity contribution in [3.63, 3.8) is 0 Å². The normalized spacial score (nSPS) is 16.9. The summed E-state index contributed by atoms with van der Waals surface area (Å²) in [6.07, 6.45) is 2.18. The average Bonchev–Trinajstić information content (AvgIpc) is 3.08. The van der Waals surface area contributed by atoms with Gasteiger partial charge in [-0.25, -0.2) is 4.79 Å². The third-order valence-corrected chi connectivity index (χ3v) is 5.94. The van der Waals surface area contributed by atoms with Crippen LogP contribution < -0.4 is 5.69 Å². The summed E-state index contributed by atoms with van der Waals surface area (Å²) < 4.78 is 7.60. The minimum atomic E-state index is -0.491. The van der Waals surface area contributed by atoms with Crippen molar-refractivity contribution < 1.29 is 9.84 Å². The van der Waals surface area contributed by atoms with Gasteiger partial charge in [0, 0.05) is 25.7 Å². The molecule has 0 amide bonds. The number of aromatic amines is 1. The quantitative estimate of drug-likeness (QED) is 0.561. The summed E-state index contributed by atoms with van der Waals surface area (Å²) in [5.41, 5.74) is 4.35. The molecule has 0 spiro atoms. The lowest BCUT2D eigenvalue weighted by molar-refractivity contribution is 0.0120. The van der Waals surface area contributed by atoms with Crippen molar-refractivity contribution >= 4 is 11.0 Å². The number of nitrogens with one attached hydrogen (secondary N) is 1. The van der Waals surface area contributed by atoms with Crippen molar-refractivity contribution in [2.45, 2.75) is 38.3 Å². The first-order chi connectivity index (χ1) is 14.6. The number of aromatic nitrogens is 2. The Labute approximate surface area is 177 Å². The Morgan fingerprint density at radius 3 is 2.77 bits per heavy atom. The largest absolute Gasteiger partial charge is 0.389 e. The van der Waals surface area contributed by atoms with Gasteiger partial charge in [0.2, 0.25) is 0 Å². The van der Waals surface area contributed by atoms with Crippen LogP contribution in [0.25, 0.3) is 11.0 Å². The van der Waals surface area contributed by atoms with Crippen LogP contribution in [0.2, 0.25) is 0 Å². The van der Waals surface area contributed by atoms with Crippen LogP contribution in [0.15, 0.2) is 53.3 Å². The van der Waals surface area contributed by atoms with Gasteiger partial charge in [0.1, 0.15) is 0 Å². The van der Waals surface area contributed by atoms with Crippen LogP contribution in [-0.2, 0) is 11.2 Å². The van der Waals surface area contributed by atoms with Crippen molar-refractivity contribution in [3.05, 3.63) is 70.1 Å². The van der Waals surface area contributed by atoms with Gasteiger partial charge in [-0.3, -0.25) is 4.57 Å². The first-order valence-corrected chi connectivity index (χ1v) is 10.8. The number of rotatable bonds is 8. The Hall–Kier alpha value is -2.41. The maximum atomic E-state index is 12.4. The number of benzene rings is 2. The van der Waals surface area contributed by atoms with Crippen molar-refractivity contribution in [2.75, 3.05) is 32.8 Å². The molecule has 2 N–H and O–H groups in total. The summed E-state index contributed by atoms with van der Waals surface area (Å²) in [4.78, 5) is 17.6.